The van der Waals surface area contributed by atoms with E-state index in [4.69, 9.17) is 4.74 Å². The van der Waals surface area contributed by atoms with Crippen molar-refractivity contribution in [3.63, 3.8) is 0 Å². The summed E-state index contributed by atoms with van der Waals surface area (Å²) in [6, 6.07) is 19.4. The minimum Gasteiger partial charge on any atom is -0.504 e. The number of nitrogens with one attached hydrogen (secondary N) is 1. The van der Waals surface area contributed by atoms with Crippen LogP contribution in [0.3, 0.4) is 0 Å². The van der Waals surface area contributed by atoms with E-state index in [-0.39, 0.29) is 40.6 Å². The maximum absolute atomic E-state index is 14.1. The second-order valence-corrected chi connectivity index (χ2v) is 12.7. The number of phenols is 1. The van der Waals surface area contributed by atoms with Crippen LogP contribution in [0.15, 0.2) is 76.6 Å². The molecular formula is C32H29N3O6S2. The minimum absolute atomic E-state index is 0.0544. The predicted octanol–water partition coefficient (Wildman–Crippen LogP) is 5.07. The number of fused-ring (bicyclic) bond motifs is 2. The lowest BCUT2D eigenvalue weighted by Crippen LogP contribution is -2.33. The van der Waals surface area contributed by atoms with E-state index in [0.29, 0.717) is 33.4 Å². The lowest BCUT2D eigenvalue weighted by Gasteiger charge is -2.31. The third-order valence-corrected chi connectivity index (χ3v) is 10.2. The summed E-state index contributed by atoms with van der Waals surface area (Å²) in [7, 11) is 0. The van der Waals surface area contributed by atoms with Gasteiger partial charge in [0.1, 0.15) is 11.8 Å². The molecule has 0 bridgehead atoms. The molecular weight excluding hydrogens is 587 g/mol. The van der Waals surface area contributed by atoms with Gasteiger partial charge in [-0.3, -0.25) is 23.7 Å². The highest BCUT2D eigenvalue weighted by atomic mass is 32.2. The van der Waals surface area contributed by atoms with Crippen LogP contribution >= 0.6 is 23.1 Å². The number of nitrogens with zero attached hydrogens (tertiary/aromatic N) is 2. The molecule has 1 fully saturated rings. The summed E-state index contributed by atoms with van der Waals surface area (Å²) in [6.07, 6.45) is 0. The monoisotopic (exact) mass is 615 g/mol. The first-order chi connectivity index (χ1) is 20.7. The van der Waals surface area contributed by atoms with E-state index in [0.717, 1.165) is 34.2 Å². The van der Waals surface area contributed by atoms with Gasteiger partial charge in [0.05, 0.1) is 23.2 Å². The number of benzene rings is 3. The molecule has 11 heteroatoms. The Balaban J connectivity index is 1.43. The van der Waals surface area contributed by atoms with Crippen LogP contribution in [-0.2, 0) is 20.9 Å². The van der Waals surface area contributed by atoms with E-state index in [2.05, 4.69) is 5.32 Å². The molecule has 1 aromatic heterocycles. The normalized spacial score (nSPS) is 19.2. The van der Waals surface area contributed by atoms with Crippen molar-refractivity contribution in [2.24, 2.45) is 5.92 Å². The quantitative estimate of drug-likeness (QED) is 0.279. The van der Waals surface area contributed by atoms with Gasteiger partial charge < -0.3 is 15.2 Å². The van der Waals surface area contributed by atoms with Crippen LogP contribution in [0.5, 0.6) is 11.5 Å². The number of thioether (sulfide) groups is 1. The van der Waals surface area contributed by atoms with Crippen molar-refractivity contribution < 1.29 is 24.2 Å². The van der Waals surface area contributed by atoms with Gasteiger partial charge in [0, 0.05) is 16.5 Å². The van der Waals surface area contributed by atoms with Gasteiger partial charge in [-0.25, -0.2) is 4.90 Å². The fraction of sp³-hybridized carbons (Fsp3) is 0.250. The van der Waals surface area contributed by atoms with Crippen LogP contribution in [0.2, 0.25) is 0 Å². The van der Waals surface area contributed by atoms with Gasteiger partial charge in [-0.15, -0.1) is 0 Å². The Morgan fingerprint density at radius 3 is 2.30 bits per heavy atom. The number of hydrogen-bond acceptors (Lipinski definition) is 8. The minimum atomic E-state index is -0.823. The molecule has 0 radical (unpaired) electrons. The highest BCUT2D eigenvalue weighted by Crippen LogP contribution is 2.54. The maximum Gasteiger partial charge on any atom is 0.308 e. The summed E-state index contributed by atoms with van der Waals surface area (Å²) in [6.45, 7) is 5.73. The number of imide groups is 1. The number of aromatic hydroxyl groups is 1. The average Bonchev–Trinajstić information content (AvgIpc) is 3.42. The molecule has 0 aliphatic carbocycles. The number of anilines is 2. The molecule has 2 aliphatic rings. The highest BCUT2D eigenvalue weighted by Gasteiger charge is 2.57. The van der Waals surface area contributed by atoms with Crippen molar-refractivity contribution in [2.75, 3.05) is 16.8 Å². The van der Waals surface area contributed by atoms with E-state index in [1.54, 1.807) is 43.3 Å². The van der Waals surface area contributed by atoms with E-state index in [9.17, 15) is 24.3 Å². The van der Waals surface area contributed by atoms with Crippen LogP contribution in [0.1, 0.15) is 34.4 Å². The number of carbonyl (C=O) groups is 3. The van der Waals surface area contributed by atoms with Crippen molar-refractivity contribution in [2.45, 2.75) is 43.5 Å². The Bertz CT molecular complexity index is 1800. The molecule has 3 heterocycles. The van der Waals surface area contributed by atoms with Crippen LogP contribution in [-0.4, -0.2) is 39.3 Å². The first-order valence-corrected chi connectivity index (χ1v) is 15.5. The summed E-state index contributed by atoms with van der Waals surface area (Å²) in [5, 5.41) is 12.9. The molecule has 4 aromatic rings. The largest absolute Gasteiger partial charge is 0.504 e. The second kappa shape index (κ2) is 11.4. The Hall–Kier alpha value is -4.35. The molecule has 0 saturated carbocycles. The fourth-order valence-corrected chi connectivity index (χ4v) is 8.31. The SMILES string of the molecule is CCOc1cc([C@@H]2c3sc(=O)n(CC(=O)Nc4ccc(C)cc4)c3S[C@@H]3C(=O)N(c4ccc(C)cc4)C(=O)[C@H]23)ccc1O. The van der Waals surface area contributed by atoms with Gasteiger partial charge in [0.15, 0.2) is 11.5 Å². The zero-order chi connectivity index (χ0) is 30.4. The Morgan fingerprint density at radius 2 is 1.63 bits per heavy atom. The molecule has 6 rings (SSSR count). The van der Waals surface area contributed by atoms with Crippen molar-refractivity contribution in [1.82, 2.24) is 4.57 Å². The number of ether oxygens (including phenoxy) is 1. The zero-order valence-electron chi connectivity index (χ0n) is 23.7. The Morgan fingerprint density at radius 1 is 0.953 bits per heavy atom. The zero-order valence-corrected chi connectivity index (χ0v) is 25.3. The van der Waals surface area contributed by atoms with Gasteiger partial charge >= 0.3 is 4.87 Å². The van der Waals surface area contributed by atoms with E-state index >= 15 is 0 Å². The Kier molecular flexibility index (Phi) is 7.61. The number of aromatic nitrogens is 1. The van der Waals surface area contributed by atoms with E-state index in [1.165, 1.54) is 15.5 Å². The summed E-state index contributed by atoms with van der Waals surface area (Å²) in [5.74, 6) is -2.42. The molecule has 3 atom stereocenters. The first-order valence-electron chi connectivity index (χ1n) is 13.8. The molecule has 1 saturated heterocycles. The average molecular weight is 616 g/mol. The standard InChI is InChI=1S/C32H29N3O6S2/c1-4-41-23-15-19(9-14-22(23)36)25-26-27(30(39)35(29(26)38)21-12-7-18(3)8-13-21)42-31-28(25)43-32(40)34(31)16-24(37)33-20-10-5-17(2)6-11-20/h5-15,25-27,36H,4,16H2,1-3H3,(H,33,37)/t25-,26+,27-/m0/s1. The van der Waals surface area contributed by atoms with Crippen molar-refractivity contribution in [3.05, 3.63) is 98.0 Å². The summed E-state index contributed by atoms with van der Waals surface area (Å²) in [4.78, 5) is 55.9. The summed E-state index contributed by atoms with van der Waals surface area (Å²) >= 11 is 2.12. The van der Waals surface area contributed by atoms with Gasteiger partial charge in [0.25, 0.3) is 0 Å². The molecule has 3 amide bonds. The number of aryl methyl sites for hydroxylation is 2. The molecule has 0 spiro atoms. The number of amides is 3. The van der Waals surface area contributed by atoms with Gasteiger partial charge in [-0.05, 0) is 62.7 Å². The van der Waals surface area contributed by atoms with Crippen LogP contribution in [0, 0.1) is 19.8 Å². The smallest absolute Gasteiger partial charge is 0.308 e. The predicted molar refractivity (Wildman–Crippen MR) is 166 cm³/mol. The van der Waals surface area contributed by atoms with Gasteiger partial charge in [0.2, 0.25) is 17.7 Å². The van der Waals surface area contributed by atoms with Gasteiger partial charge in [-0.2, -0.15) is 0 Å². The Labute approximate surface area is 256 Å². The van der Waals surface area contributed by atoms with Crippen LogP contribution in [0.4, 0.5) is 11.4 Å². The van der Waals surface area contributed by atoms with Crippen molar-refractivity contribution in [1.29, 1.82) is 0 Å². The molecule has 0 unspecified atom stereocenters. The third kappa shape index (κ3) is 5.23. The maximum atomic E-state index is 14.1. The van der Waals surface area contributed by atoms with Gasteiger partial charge in [-0.1, -0.05) is 64.6 Å². The van der Waals surface area contributed by atoms with Crippen LogP contribution < -0.4 is 19.8 Å². The molecule has 43 heavy (non-hydrogen) atoms. The summed E-state index contributed by atoms with van der Waals surface area (Å²) in [5.41, 5.74) is 3.76. The molecule has 2 aliphatic heterocycles. The van der Waals surface area contributed by atoms with E-state index in [1.807, 2.05) is 38.1 Å². The number of hydrogen-bond donors (Lipinski definition) is 2. The second-order valence-electron chi connectivity index (χ2n) is 10.6. The number of phenolic OH excluding ortho intramolecular Hbond substituents is 1. The highest BCUT2D eigenvalue weighted by molar-refractivity contribution is 8.00. The molecule has 220 valence electrons. The van der Waals surface area contributed by atoms with E-state index < -0.39 is 17.1 Å². The first kappa shape index (κ1) is 28.8. The van der Waals surface area contributed by atoms with Crippen LogP contribution in [0.25, 0.3) is 0 Å². The molecule has 3 aromatic carbocycles. The summed E-state index contributed by atoms with van der Waals surface area (Å²) < 4.78 is 7.01. The fourth-order valence-electron chi connectivity index (χ4n) is 5.54. The topological polar surface area (TPSA) is 118 Å². The van der Waals surface area contributed by atoms with Crippen molar-refractivity contribution in [3.8, 4) is 11.5 Å². The number of thiazole rings is 1. The lowest BCUT2D eigenvalue weighted by molar-refractivity contribution is -0.122. The lowest BCUT2D eigenvalue weighted by atomic mass is 9.83. The van der Waals surface area contributed by atoms with Crippen molar-refractivity contribution >= 4 is 52.2 Å². The molecule has 2 N–H and O–H groups in total. The molecule has 9 nitrogen and oxygen atoms in total. The number of carbonyl (C=O) groups excluding carboxylic acids is 3. The number of rotatable bonds is 7. The third-order valence-electron chi connectivity index (χ3n) is 7.62.